The van der Waals surface area contributed by atoms with E-state index in [1.54, 1.807) is 0 Å². The molecule has 0 spiro atoms. The molecule has 7 N–H and O–H groups in total. The average Bonchev–Trinajstić information content (AvgIpc) is 2.73. The smallest absolute Gasteiger partial charge is 0.203 e. The van der Waals surface area contributed by atoms with Crippen LogP contribution in [0.4, 0.5) is 0 Å². The van der Waals surface area contributed by atoms with Crippen LogP contribution < -0.4 is 4.74 Å². The summed E-state index contributed by atoms with van der Waals surface area (Å²) in [5.41, 5.74) is -0.376. The van der Waals surface area contributed by atoms with Crippen LogP contribution in [0.5, 0.6) is 28.7 Å². The standard InChI is InChI=1S/C21H22O11/c1-7-15(26)17(28)18(29)21(30-7)32-20-16(27)14-12(25)5-9(23)6-13(14)31-19(20)10-4-8(22)2-3-11(10)24/h2-7,15,17-26,28-29H,1H3/t7-,15-,17+,18+,19+,20+,21-/m0/s1. The molecule has 2 aliphatic rings. The van der Waals surface area contributed by atoms with Crippen LogP contribution in [0.3, 0.4) is 0 Å². The van der Waals surface area contributed by atoms with Crippen LogP contribution >= 0.6 is 0 Å². The number of phenolic OH excluding ortho intramolecular Hbond substituents is 4. The molecule has 2 aromatic carbocycles. The zero-order valence-electron chi connectivity index (χ0n) is 16.7. The minimum atomic E-state index is -1.73. The van der Waals surface area contributed by atoms with Crippen molar-refractivity contribution >= 4 is 5.78 Å². The zero-order valence-corrected chi connectivity index (χ0v) is 16.7. The van der Waals surface area contributed by atoms with Gasteiger partial charge in [-0.3, -0.25) is 4.79 Å². The number of ether oxygens (including phenoxy) is 3. The third kappa shape index (κ3) is 3.70. The largest absolute Gasteiger partial charge is 0.508 e. The Labute approximate surface area is 181 Å². The monoisotopic (exact) mass is 450 g/mol. The predicted octanol–water partition coefficient (Wildman–Crippen LogP) is 0.0381. The number of benzene rings is 2. The number of hydrogen-bond donors (Lipinski definition) is 7. The molecule has 0 amide bonds. The second-order valence-electron chi connectivity index (χ2n) is 7.72. The summed E-state index contributed by atoms with van der Waals surface area (Å²) < 4.78 is 16.8. The normalized spacial score (nSPS) is 32.2. The van der Waals surface area contributed by atoms with Crippen molar-refractivity contribution in [3.63, 3.8) is 0 Å². The summed E-state index contributed by atoms with van der Waals surface area (Å²) in [4.78, 5) is 13.3. The number of carbonyl (C=O) groups is 1. The third-order valence-electron chi connectivity index (χ3n) is 5.51. The first kappa shape index (κ1) is 22.1. The van der Waals surface area contributed by atoms with E-state index < -0.39 is 54.4 Å². The maximum atomic E-state index is 13.3. The molecule has 0 aliphatic carbocycles. The molecule has 1 saturated heterocycles. The summed E-state index contributed by atoms with van der Waals surface area (Å²) in [7, 11) is 0. The first-order valence-corrected chi connectivity index (χ1v) is 9.72. The van der Waals surface area contributed by atoms with Gasteiger partial charge in [-0.15, -0.1) is 0 Å². The number of aromatic hydroxyl groups is 4. The Morgan fingerprint density at radius 2 is 1.59 bits per heavy atom. The molecule has 32 heavy (non-hydrogen) atoms. The molecule has 0 aromatic heterocycles. The highest BCUT2D eigenvalue weighted by molar-refractivity contribution is 6.05. The first-order valence-electron chi connectivity index (χ1n) is 9.72. The Bertz CT molecular complexity index is 1040. The Morgan fingerprint density at radius 1 is 0.875 bits per heavy atom. The van der Waals surface area contributed by atoms with Gasteiger partial charge in [0.2, 0.25) is 5.78 Å². The van der Waals surface area contributed by atoms with Crippen molar-refractivity contribution in [2.75, 3.05) is 0 Å². The van der Waals surface area contributed by atoms with E-state index in [9.17, 15) is 40.5 Å². The quantitative estimate of drug-likeness (QED) is 0.313. The van der Waals surface area contributed by atoms with Gasteiger partial charge >= 0.3 is 0 Å². The van der Waals surface area contributed by atoms with Crippen molar-refractivity contribution in [3.8, 4) is 28.7 Å². The van der Waals surface area contributed by atoms with Crippen molar-refractivity contribution < 1.29 is 54.8 Å². The van der Waals surface area contributed by atoms with Gasteiger partial charge in [-0.25, -0.2) is 0 Å². The molecule has 172 valence electrons. The van der Waals surface area contributed by atoms with E-state index in [-0.39, 0.29) is 34.1 Å². The van der Waals surface area contributed by atoms with Crippen molar-refractivity contribution in [1.29, 1.82) is 0 Å². The van der Waals surface area contributed by atoms with Crippen molar-refractivity contribution in [2.45, 2.75) is 49.8 Å². The van der Waals surface area contributed by atoms with E-state index in [0.717, 1.165) is 18.2 Å². The predicted molar refractivity (Wildman–Crippen MR) is 104 cm³/mol. The van der Waals surface area contributed by atoms with Crippen molar-refractivity contribution in [2.24, 2.45) is 0 Å². The Morgan fingerprint density at radius 3 is 2.31 bits per heavy atom. The molecule has 2 aliphatic heterocycles. The highest BCUT2D eigenvalue weighted by Crippen LogP contribution is 2.45. The van der Waals surface area contributed by atoms with E-state index in [0.29, 0.717) is 0 Å². The minimum absolute atomic E-state index is 0.0595. The van der Waals surface area contributed by atoms with Crippen LogP contribution in [0.1, 0.15) is 28.9 Å². The average molecular weight is 450 g/mol. The molecule has 11 heteroatoms. The second kappa shape index (κ2) is 8.11. The van der Waals surface area contributed by atoms with Gasteiger partial charge in [0.1, 0.15) is 52.6 Å². The number of phenols is 4. The molecule has 4 rings (SSSR count). The van der Waals surface area contributed by atoms with Crippen LogP contribution in [0.25, 0.3) is 0 Å². The van der Waals surface area contributed by atoms with E-state index >= 15 is 0 Å². The summed E-state index contributed by atoms with van der Waals surface area (Å²) in [6, 6.07) is 5.52. The van der Waals surface area contributed by atoms with Crippen LogP contribution in [0.2, 0.25) is 0 Å². The Kier molecular flexibility index (Phi) is 5.61. The van der Waals surface area contributed by atoms with Crippen LogP contribution in [-0.4, -0.2) is 78.3 Å². The molecule has 11 nitrogen and oxygen atoms in total. The molecule has 0 radical (unpaired) electrons. The first-order chi connectivity index (χ1) is 15.1. The lowest BCUT2D eigenvalue weighted by atomic mass is 9.91. The molecule has 1 fully saturated rings. The zero-order chi connectivity index (χ0) is 23.3. The Balaban J connectivity index is 1.77. The van der Waals surface area contributed by atoms with Crippen LogP contribution in [0.15, 0.2) is 30.3 Å². The molecule has 0 unspecified atom stereocenters. The van der Waals surface area contributed by atoms with Crippen molar-refractivity contribution in [1.82, 2.24) is 0 Å². The molecular weight excluding hydrogens is 428 g/mol. The summed E-state index contributed by atoms with van der Waals surface area (Å²) in [6.45, 7) is 1.43. The summed E-state index contributed by atoms with van der Waals surface area (Å²) in [5.74, 6) is -2.61. The van der Waals surface area contributed by atoms with E-state index in [1.165, 1.54) is 19.1 Å². The topological polar surface area (TPSA) is 186 Å². The SMILES string of the molecule is C[C@@H]1O[C@@H](O[C@@H]2C(=O)c3c(O)cc(O)cc3O[C@@H]2c2cc(O)ccc2O)[C@H](O)[C@H](O)[C@H]1O. The molecule has 0 bridgehead atoms. The fraction of sp³-hybridized carbons (Fsp3) is 0.381. The molecule has 0 saturated carbocycles. The summed E-state index contributed by atoms with van der Waals surface area (Å²) in [6.07, 6.45) is -10.3. The fourth-order valence-corrected chi connectivity index (χ4v) is 3.81. The maximum Gasteiger partial charge on any atom is 0.203 e. The van der Waals surface area contributed by atoms with Gasteiger partial charge in [-0.05, 0) is 25.1 Å². The van der Waals surface area contributed by atoms with Gasteiger partial charge in [0.15, 0.2) is 18.5 Å². The number of fused-ring (bicyclic) bond motifs is 1. The van der Waals surface area contributed by atoms with Crippen molar-refractivity contribution in [3.05, 3.63) is 41.5 Å². The van der Waals surface area contributed by atoms with Crippen LogP contribution in [-0.2, 0) is 9.47 Å². The van der Waals surface area contributed by atoms with E-state index in [4.69, 9.17) is 14.2 Å². The third-order valence-corrected chi connectivity index (χ3v) is 5.51. The number of rotatable bonds is 3. The summed E-state index contributed by atoms with van der Waals surface area (Å²) >= 11 is 0. The van der Waals surface area contributed by atoms with Gasteiger partial charge in [0, 0.05) is 17.7 Å². The van der Waals surface area contributed by atoms with Gasteiger partial charge in [0.05, 0.1) is 6.10 Å². The molecular formula is C21H22O11. The number of aliphatic hydroxyl groups excluding tert-OH is 3. The minimum Gasteiger partial charge on any atom is -0.508 e. The number of hydrogen-bond acceptors (Lipinski definition) is 11. The number of Topliss-reactive ketones (excluding diaryl/α,β-unsaturated/α-hetero) is 1. The molecule has 2 heterocycles. The second-order valence-corrected chi connectivity index (χ2v) is 7.72. The lowest BCUT2D eigenvalue weighted by Gasteiger charge is -2.42. The number of aliphatic hydroxyl groups is 3. The van der Waals surface area contributed by atoms with E-state index in [1.807, 2.05) is 0 Å². The van der Waals surface area contributed by atoms with Gasteiger partial charge < -0.3 is 50.0 Å². The van der Waals surface area contributed by atoms with Crippen LogP contribution in [0, 0.1) is 0 Å². The highest BCUT2D eigenvalue weighted by atomic mass is 16.7. The lowest BCUT2D eigenvalue weighted by Crippen LogP contribution is -2.59. The number of ketones is 1. The molecule has 2 aromatic rings. The van der Waals surface area contributed by atoms with Gasteiger partial charge in [0.25, 0.3) is 0 Å². The summed E-state index contributed by atoms with van der Waals surface area (Å²) in [5, 5.41) is 70.4. The van der Waals surface area contributed by atoms with Gasteiger partial charge in [-0.2, -0.15) is 0 Å². The number of carbonyl (C=O) groups excluding carboxylic acids is 1. The highest BCUT2D eigenvalue weighted by Gasteiger charge is 2.48. The van der Waals surface area contributed by atoms with E-state index in [2.05, 4.69) is 0 Å². The Hall–Kier alpha value is -3.09. The maximum absolute atomic E-state index is 13.3. The fourth-order valence-electron chi connectivity index (χ4n) is 3.81. The molecule has 7 atom stereocenters. The lowest BCUT2D eigenvalue weighted by molar-refractivity contribution is -0.304. The van der Waals surface area contributed by atoms with Gasteiger partial charge in [-0.1, -0.05) is 0 Å².